The fraction of sp³-hybridized carbons (Fsp3) is 0.294. The van der Waals surface area contributed by atoms with E-state index in [0.717, 1.165) is 36.8 Å². The Bertz CT molecular complexity index is 677. The van der Waals surface area contributed by atoms with E-state index < -0.39 is 0 Å². The van der Waals surface area contributed by atoms with Crippen molar-refractivity contribution in [2.24, 2.45) is 4.99 Å². The van der Waals surface area contributed by atoms with Crippen molar-refractivity contribution in [1.29, 1.82) is 0 Å². The van der Waals surface area contributed by atoms with Gasteiger partial charge in [-0.25, -0.2) is 4.98 Å². The maximum absolute atomic E-state index is 5.72. The molecule has 0 saturated carbocycles. The van der Waals surface area contributed by atoms with E-state index in [0.29, 0.717) is 18.2 Å². The number of halogens is 1. The molecule has 0 spiro atoms. The molecule has 7 heteroatoms. The molecule has 0 aliphatic carbocycles. The van der Waals surface area contributed by atoms with Gasteiger partial charge in [-0.05, 0) is 24.1 Å². The molecular weight excluding hydrogens is 419 g/mol. The van der Waals surface area contributed by atoms with Gasteiger partial charge in [0.15, 0.2) is 5.96 Å². The molecule has 1 aliphatic rings. The summed E-state index contributed by atoms with van der Waals surface area (Å²) >= 11 is 0. The van der Waals surface area contributed by atoms with Crippen molar-refractivity contribution >= 4 is 29.9 Å². The summed E-state index contributed by atoms with van der Waals surface area (Å²) in [6.07, 6.45) is 2.88. The van der Waals surface area contributed by atoms with Crippen LogP contribution in [0.1, 0.15) is 12.0 Å². The summed E-state index contributed by atoms with van der Waals surface area (Å²) in [5.74, 6) is 2.86. The molecule has 1 aliphatic heterocycles. The third-order valence-corrected chi connectivity index (χ3v) is 3.42. The van der Waals surface area contributed by atoms with Gasteiger partial charge in [-0.15, -0.1) is 24.0 Å². The highest BCUT2D eigenvalue weighted by atomic mass is 127. The number of hydrogen-bond donors (Lipinski definition) is 2. The third-order valence-electron chi connectivity index (χ3n) is 3.42. The van der Waals surface area contributed by atoms with E-state index in [1.165, 1.54) is 0 Å². The minimum Gasteiger partial charge on any atom is -0.497 e. The van der Waals surface area contributed by atoms with Gasteiger partial charge >= 0.3 is 0 Å². The molecule has 0 atom stereocenters. The predicted molar refractivity (Wildman–Crippen MR) is 104 cm³/mol. The Hall–Kier alpha value is -2.03. The van der Waals surface area contributed by atoms with Crippen molar-refractivity contribution in [1.82, 2.24) is 15.6 Å². The molecule has 0 saturated heterocycles. The van der Waals surface area contributed by atoms with Gasteiger partial charge in [0.25, 0.3) is 0 Å². The zero-order valence-electron chi connectivity index (χ0n) is 13.5. The number of rotatable bonds is 5. The highest BCUT2D eigenvalue weighted by Gasteiger charge is 2.04. The zero-order valence-corrected chi connectivity index (χ0v) is 15.8. The lowest BCUT2D eigenvalue weighted by atomic mass is 10.3. The standard InChI is InChI=1S/C17H20N4O2.HI/c1-22-14-4-2-5-15(10-14)23-16-7-6-13(11-20-16)12-21-17-18-8-3-9-19-17;/h2,4-7,10-11H,3,8-9,12H2,1H3,(H2,18,19,21);1H. The van der Waals surface area contributed by atoms with Crippen molar-refractivity contribution < 1.29 is 9.47 Å². The zero-order chi connectivity index (χ0) is 15.9. The summed E-state index contributed by atoms with van der Waals surface area (Å²) < 4.78 is 10.9. The first-order chi connectivity index (χ1) is 11.3. The van der Waals surface area contributed by atoms with E-state index in [9.17, 15) is 0 Å². The molecule has 0 radical (unpaired) electrons. The molecule has 0 amide bonds. The smallest absolute Gasteiger partial charge is 0.219 e. The van der Waals surface area contributed by atoms with Crippen molar-refractivity contribution in [3.63, 3.8) is 0 Å². The molecule has 6 nitrogen and oxygen atoms in total. The van der Waals surface area contributed by atoms with Crippen LogP contribution in [0.15, 0.2) is 47.6 Å². The maximum Gasteiger partial charge on any atom is 0.219 e. The van der Waals surface area contributed by atoms with Gasteiger partial charge in [-0.2, -0.15) is 0 Å². The number of guanidine groups is 1. The number of pyridine rings is 1. The Labute approximate surface area is 158 Å². The summed E-state index contributed by atoms with van der Waals surface area (Å²) in [5, 5.41) is 6.49. The Morgan fingerprint density at radius 1 is 1.21 bits per heavy atom. The van der Waals surface area contributed by atoms with Gasteiger partial charge in [-0.3, -0.25) is 4.99 Å². The highest BCUT2D eigenvalue weighted by molar-refractivity contribution is 14.0. The number of aromatic nitrogens is 1. The Kier molecular flexibility index (Phi) is 7.10. The van der Waals surface area contributed by atoms with Crippen LogP contribution in [0.25, 0.3) is 0 Å². The van der Waals surface area contributed by atoms with Crippen LogP contribution in [-0.4, -0.2) is 31.1 Å². The second-order valence-corrected chi connectivity index (χ2v) is 5.15. The molecule has 2 heterocycles. The van der Waals surface area contributed by atoms with E-state index in [4.69, 9.17) is 9.47 Å². The molecule has 3 rings (SSSR count). The number of methoxy groups -OCH3 is 1. The average molecular weight is 440 g/mol. The summed E-state index contributed by atoms with van der Waals surface area (Å²) in [5.41, 5.74) is 1.07. The van der Waals surface area contributed by atoms with Gasteiger partial charge in [-0.1, -0.05) is 12.1 Å². The maximum atomic E-state index is 5.72. The second-order valence-electron chi connectivity index (χ2n) is 5.15. The fourth-order valence-corrected chi connectivity index (χ4v) is 2.20. The molecule has 128 valence electrons. The van der Waals surface area contributed by atoms with Gasteiger partial charge in [0, 0.05) is 38.0 Å². The largest absolute Gasteiger partial charge is 0.497 e. The van der Waals surface area contributed by atoms with Crippen LogP contribution in [0.5, 0.6) is 17.4 Å². The van der Waals surface area contributed by atoms with Crippen LogP contribution < -0.4 is 20.1 Å². The molecule has 24 heavy (non-hydrogen) atoms. The minimum atomic E-state index is 0. The van der Waals surface area contributed by atoms with Gasteiger partial charge in [0.05, 0.1) is 7.11 Å². The number of nitrogens with zero attached hydrogens (tertiary/aromatic N) is 2. The van der Waals surface area contributed by atoms with E-state index in [1.807, 2.05) is 36.4 Å². The first-order valence-corrected chi connectivity index (χ1v) is 7.62. The van der Waals surface area contributed by atoms with Crippen molar-refractivity contribution in [2.75, 3.05) is 20.2 Å². The number of aliphatic imine (C=N–C) groups is 1. The van der Waals surface area contributed by atoms with E-state index in [-0.39, 0.29) is 24.0 Å². The van der Waals surface area contributed by atoms with E-state index in [1.54, 1.807) is 13.3 Å². The monoisotopic (exact) mass is 440 g/mol. The lowest BCUT2D eigenvalue weighted by molar-refractivity contribution is 0.407. The normalized spacial score (nSPS) is 13.1. The van der Waals surface area contributed by atoms with Crippen molar-refractivity contribution in [2.45, 2.75) is 13.0 Å². The first-order valence-electron chi connectivity index (χ1n) is 7.62. The van der Waals surface area contributed by atoms with Crippen LogP contribution in [0, 0.1) is 0 Å². The predicted octanol–water partition coefficient (Wildman–Crippen LogP) is 2.94. The minimum absolute atomic E-state index is 0. The molecule has 1 aromatic heterocycles. The molecule has 0 bridgehead atoms. The summed E-state index contributed by atoms with van der Waals surface area (Å²) in [7, 11) is 1.63. The summed E-state index contributed by atoms with van der Waals surface area (Å²) in [6, 6.07) is 11.3. The van der Waals surface area contributed by atoms with Gasteiger partial charge < -0.3 is 20.1 Å². The first kappa shape index (κ1) is 18.3. The lowest BCUT2D eigenvalue weighted by Crippen LogP contribution is -2.40. The van der Waals surface area contributed by atoms with E-state index >= 15 is 0 Å². The number of nitrogens with one attached hydrogen (secondary N) is 2. The van der Waals surface area contributed by atoms with Gasteiger partial charge in [0.2, 0.25) is 5.88 Å². The Morgan fingerprint density at radius 2 is 2.08 bits per heavy atom. The molecule has 2 N–H and O–H groups in total. The fourth-order valence-electron chi connectivity index (χ4n) is 2.20. The molecule has 0 unspecified atom stereocenters. The van der Waals surface area contributed by atoms with Crippen LogP contribution in [-0.2, 0) is 6.54 Å². The van der Waals surface area contributed by atoms with Gasteiger partial charge in [0.1, 0.15) is 11.5 Å². The Morgan fingerprint density at radius 3 is 2.79 bits per heavy atom. The SMILES string of the molecule is COc1cccc(Oc2ccc(CNC3=NCCCN3)cn2)c1.I. The van der Waals surface area contributed by atoms with Crippen molar-refractivity contribution in [3.8, 4) is 17.4 Å². The third kappa shape index (κ3) is 5.26. The molecular formula is C17H21IN4O2. The number of hydrogen-bond acceptors (Lipinski definition) is 6. The number of ether oxygens (including phenoxy) is 2. The van der Waals surface area contributed by atoms with Crippen LogP contribution in [0.2, 0.25) is 0 Å². The van der Waals surface area contributed by atoms with Crippen molar-refractivity contribution in [3.05, 3.63) is 48.2 Å². The quantitative estimate of drug-likeness (QED) is 0.701. The second kappa shape index (κ2) is 9.31. The van der Waals surface area contributed by atoms with Crippen LogP contribution in [0.3, 0.4) is 0 Å². The summed E-state index contributed by atoms with van der Waals surface area (Å²) in [4.78, 5) is 8.70. The topological polar surface area (TPSA) is 67.8 Å². The lowest BCUT2D eigenvalue weighted by Gasteiger charge is -2.15. The Balaban J connectivity index is 0.00000208. The molecule has 1 aromatic carbocycles. The number of benzene rings is 1. The van der Waals surface area contributed by atoms with Crippen LogP contribution in [0.4, 0.5) is 0 Å². The summed E-state index contributed by atoms with van der Waals surface area (Å²) in [6.45, 7) is 2.52. The van der Waals surface area contributed by atoms with E-state index in [2.05, 4.69) is 20.6 Å². The molecule has 0 fully saturated rings. The average Bonchev–Trinajstić information content (AvgIpc) is 2.62. The van der Waals surface area contributed by atoms with Crippen LogP contribution >= 0.6 is 24.0 Å². The molecule has 2 aromatic rings. The highest BCUT2D eigenvalue weighted by Crippen LogP contribution is 2.23.